The standard InChI is InChI=1S/C30H33BrClN5O3/c1-2-3-6-27(38)37-13-12-35(19-26(37)30(39)34-16-20-5-4-11-36(40)18-20)29-25-10-9-24(32)15-21(25)7-8-22-14-23(31)17-33-28(22)29/h4-5,9-11,14-15,17-18,26,29H,2-3,6-8,12-13,16,19H2,1H3,(H,34,39). The lowest BCUT2D eigenvalue weighted by Crippen LogP contribution is -2.61. The van der Waals surface area contributed by atoms with E-state index in [0.717, 1.165) is 47.0 Å². The summed E-state index contributed by atoms with van der Waals surface area (Å²) >= 11 is 9.98. The van der Waals surface area contributed by atoms with E-state index in [1.54, 1.807) is 17.0 Å². The molecule has 40 heavy (non-hydrogen) atoms. The average molecular weight is 627 g/mol. The molecule has 1 fully saturated rings. The molecule has 0 saturated carbocycles. The number of aryl methyl sites for hydroxylation is 2. The number of carbonyl (C=O) groups excluding carboxylic acids is 2. The van der Waals surface area contributed by atoms with E-state index in [1.807, 2.05) is 18.3 Å². The molecule has 2 unspecified atom stereocenters. The van der Waals surface area contributed by atoms with Gasteiger partial charge in [0, 0.05) is 59.9 Å². The third-order valence-electron chi connectivity index (χ3n) is 7.74. The molecule has 10 heteroatoms. The molecule has 2 atom stereocenters. The van der Waals surface area contributed by atoms with Crippen LogP contribution in [0.2, 0.25) is 5.02 Å². The predicted octanol–water partition coefficient (Wildman–Crippen LogP) is 4.34. The Hall–Kier alpha value is -3.01. The molecule has 2 amide bonds. The first-order valence-corrected chi connectivity index (χ1v) is 14.9. The lowest BCUT2D eigenvalue weighted by atomic mass is 9.95. The van der Waals surface area contributed by atoms with Crippen LogP contribution < -0.4 is 10.0 Å². The Labute approximate surface area is 248 Å². The summed E-state index contributed by atoms with van der Waals surface area (Å²) in [6.45, 7) is 3.68. The fraction of sp³-hybridized carbons (Fsp3) is 0.400. The van der Waals surface area contributed by atoms with E-state index >= 15 is 0 Å². The molecule has 210 valence electrons. The van der Waals surface area contributed by atoms with Crippen LogP contribution in [0.3, 0.4) is 0 Å². The van der Waals surface area contributed by atoms with E-state index in [9.17, 15) is 14.8 Å². The van der Waals surface area contributed by atoms with Gasteiger partial charge in [0.2, 0.25) is 11.8 Å². The molecular formula is C30H33BrClN5O3. The number of nitrogens with one attached hydrogen (secondary N) is 1. The van der Waals surface area contributed by atoms with Crippen molar-refractivity contribution < 1.29 is 14.3 Å². The molecule has 2 aromatic heterocycles. The smallest absolute Gasteiger partial charge is 0.244 e. The highest BCUT2D eigenvalue weighted by Gasteiger charge is 2.40. The molecule has 1 aliphatic heterocycles. The van der Waals surface area contributed by atoms with Gasteiger partial charge in [-0.2, -0.15) is 4.73 Å². The van der Waals surface area contributed by atoms with Gasteiger partial charge in [-0.25, -0.2) is 0 Å². The zero-order chi connectivity index (χ0) is 28.2. The Bertz CT molecular complexity index is 1350. The van der Waals surface area contributed by atoms with Gasteiger partial charge >= 0.3 is 0 Å². The number of fused-ring (bicyclic) bond motifs is 2. The average Bonchev–Trinajstić information content (AvgIpc) is 3.10. The number of hydrogen-bond acceptors (Lipinski definition) is 5. The van der Waals surface area contributed by atoms with Gasteiger partial charge in [0.15, 0.2) is 12.4 Å². The van der Waals surface area contributed by atoms with Crippen molar-refractivity contribution in [2.75, 3.05) is 19.6 Å². The van der Waals surface area contributed by atoms with E-state index < -0.39 is 6.04 Å². The molecule has 1 saturated heterocycles. The minimum absolute atomic E-state index is 0.00531. The highest BCUT2D eigenvalue weighted by Crippen LogP contribution is 2.38. The van der Waals surface area contributed by atoms with Crippen LogP contribution in [-0.2, 0) is 29.0 Å². The quantitative estimate of drug-likeness (QED) is 0.311. The van der Waals surface area contributed by atoms with Crippen molar-refractivity contribution >= 4 is 39.3 Å². The fourth-order valence-corrected chi connectivity index (χ4v) is 6.30. The van der Waals surface area contributed by atoms with Crippen molar-refractivity contribution in [2.45, 2.75) is 57.7 Å². The van der Waals surface area contributed by atoms with Crippen LogP contribution in [0.15, 0.2) is 59.5 Å². The van der Waals surface area contributed by atoms with Crippen LogP contribution in [0.1, 0.15) is 60.2 Å². The Balaban J connectivity index is 1.46. The molecule has 5 rings (SSSR count). The first kappa shape index (κ1) is 28.5. The second kappa shape index (κ2) is 12.7. The molecule has 1 aliphatic carbocycles. The van der Waals surface area contributed by atoms with Gasteiger partial charge in [0.05, 0.1) is 11.7 Å². The van der Waals surface area contributed by atoms with Crippen molar-refractivity contribution in [1.29, 1.82) is 0 Å². The monoisotopic (exact) mass is 625 g/mol. The van der Waals surface area contributed by atoms with Crippen molar-refractivity contribution in [2.24, 2.45) is 0 Å². The van der Waals surface area contributed by atoms with Crippen molar-refractivity contribution in [3.05, 3.63) is 97.6 Å². The van der Waals surface area contributed by atoms with Crippen molar-refractivity contribution in [3.8, 4) is 0 Å². The Kier molecular flexibility index (Phi) is 9.03. The summed E-state index contributed by atoms with van der Waals surface area (Å²) in [6, 6.07) is 10.7. The van der Waals surface area contributed by atoms with Gasteiger partial charge in [-0.15, -0.1) is 0 Å². The number of carbonyl (C=O) groups is 2. The van der Waals surface area contributed by atoms with Gasteiger partial charge < -0.3 is 15.4 Å². The maximum absolute atomic E-state index is 13.7. The van der Waals surface area contributed by atoms with Crippen LogP contribution >= 0.6 is 27.5 Å². The molecule has 0 spiro atoms. The number of aromatic nitrogens is 2. The van der Waals surface area contributed by atoms with Crippen molar-refractivity contribution in [3.63, 3.8) is 0 Å². The Morgan fingerprint density at radius 3 is 2.83 bits per heavy atom. The number of benzene rings is 1. The summed E-state index contributed by atoms with van der Waals surface area (Å²) in [5.41, 5.74) is 5.12. The zero-order valence-electron chi connectivity index (χ0n) is 22.5. The molecular weight excluding hydrogens is 594 g/mol. The number of rotatable bonds is 7. The van der Waals surface area contributed by atoms with Crippen LogP contribution in [0.5, 0.6) is 0 Å². The number of piperazine rings is 1. The van der Waals surface area contributed by atoms with Gasteiger partial charge in [-0.1, -0.05) is 31.0 Å². The molecule has 1 N–H and O–H groups in total. The predicted molar refractivity (Wildman–Crippen MR) is 156 cm³/mol. The highest BCUT2D eigenvalue weighted by atomic mass is 79.9. The van der Waals surface area contributed by atoms with Crippen molar-refractivity contribution in [1.82, 2.24) is 20.1 Å². The molecule has 3 aromatic rings. The lowest BCUT2D eigenvalue weighted by Gasteiger charge is -2.44. The van der Waals surface area contributed by atoms with E-state index in [0.29, 0.717) is 41.4 Å². The third-order valence-corrected chi connectivity index (χ3v) is 8.41. The molecule has 8 nitrogen and oxygen atoms in total. The number of amides is 2. The summed E-state index contributed by atoms with van der Waals surface area (Å²) in [5, 5.41) is 15.4. The summed E-state index contributed by atoms with van der Waals surface area (Å²) in [5.74, 6) is -0.237. The Morgan fingerprint density at radius 2 is 2.02 bits per heavy atom. The normalized spacial score (nSPS) is 18.9. The minimum atomic E-state index is -0.668. The summed E-state index contributed by atoms with van der Waals surface area (Å²) in [7, 11) is 0. The highest BCUT2D eigenvalue weighted by molar-refractivity contribution is 9.10. The molecule has 3 heterocycles. The topological polar surface area (TPSA) is 92.5 Å². The zero-order valence-corrected chi connectivity index (χ0v) is 24.8. The van der Waals surface area contributed by atoms with Crippen LogP contribution in [-0.4, -0.2) is 52.3 Å². The number of hydrogen-bond donors (Lipinski definition) is 1. The van der Waals surface area contributed by atoms with Gasteiger partial charge in [0.25, 0.3) is 0 Å². The molecule has 2 aliphatic rings. The van der Waals surface area contributed by atoms with Gasteiger partial charge in [0.1, 0.15) is 6.04 Å². The SMILES string of the molecule is CCCCC(=O)N1CCN(C2c3ccc(Cl)cc3CCc3cc(Br)cnc32)CC1C(=O)NCc1ccc[n+]([O-])c1. The summed E-state index contributed by atoms with van der Waals surface area (Å²) in [4.78, 5) is 35.8. The maximum Gasteiger partial charge on any atom is 0.244 e. The van der Waals surface area contributed by atoms with E-state index in [-0.39, 0.29) is 24.4 Å². The van der Waals surface area contributed by atoms with E-state index in [4.69, 9.17) is 16.6 Å². The second-order valence-electron chi connectivity index (χ2n) is 10.4. The van der Waals surface area contributed by atoms with E-state index in [1.165, 1.54) is 18.0 Å². The Morgan fingerprint density at radius 1 is 1.20 bits per heavy atom. The van der Waals surface area contributed by atoms with Gasteiger partial charge in [-0.3, -0.25) is 19.5 Å². The number of unbranched alkanes of at least 4 members (excludes halogenated alkanes) is 1. The fourth-order valence-electron chi connectivity index (χ4n) is 5.73. The number of halogens is 2. The number of nitrogens with zero attached hydrogens (tertiary/aromatic N) is 4. The maximum atomic E-state index is 13.7. The number of pyridine rings is 2. The van der Waals surface area contributed by atoms with Crippen LogP contribution in [0, 0.1) is 5.21 Å². The summed E-state index contributed by atoms with van der Waals surface area (Å²) in [6.07, 6.45) is 8.44. The van der Waals surface area contributed by atoms with Crippen LogP contribution in [0.25, 0.3) is 0 Å². The first-order valence-electron chi connectivity index (χ1n) is 13.8. The largest absolute Gasteiger partial charge is 0.619 e. The van der Waals surface area contributed by atoms with Crippen LogP contribution in [0.4, 0.5) is 0 Å². The second-order valence-corrected chi connectivity index (χ2v) is 11.8. The minimum Gasteiger partial charge on any atom is -0.619 e. The molecule has 0 bridgehead atoms. The molecule has 1 aromatic carbocycles. The molecule has 0 radical (unpaired) electrons. The summed E-state index contributed by atoms with van der Waals surface area (Å²) < 4.78 is 1.64. The lowest BCUT2D eigenvalue weighted by molar-refractivity contribution is -0.605. The van der Waals surface area contributed by atoms with Gasteiger partial charge in [-0.05, 0) is 76.1 Å². The first-order chi connectivity index (χ1) is 19.3. The van der Waals surface area contributed by atoms with E-state index in [2.05, 4.69) is 45.2 Å². The third kappa shape index (κ3) is 6.32.